The van der Waals surface area contributed by atoms with Gasteiger partial charge in [0.1, 0.15) is 0 Å². The topological polar surface area (TPSA) is 30.5 Å². The van der Waals surface area contributed by atoms with Crippen molar-refractivity contribution >= 4 is 11.3 Å². The van der Waals surface area contributed by atoms with Crippen LogP contribution in [0.25, 0.3) is 0 Å². The molecular weight excluding hydrogens is 294 g/mol. The molecule has 1 aromatic carbocycles. The Balaban J connectivity index is 2.01. The highest BCUT2D eigenvalue weighted by atomic mass is 32.1. The lowest BCUT2D eigenvalue weighted by Gasteiger charge is -2.17. The van der Waals surface area contributed by atoms with E-state index in [4.69, 9.17) is 9.47 Å². The van der Waals surface area contributed by atoms with Gasteiger partial charge in [0.05, 0.1) is 13.7 Å². The smallest absolute Gasteiger partial charge is 0.161 e. The van der Waals surface area contributed by atoms with Crippen LogP contribution < -0.4 is 14.8 Å². The van der Waals surface area contributed by atoms with Crippen LogP contribution in [0, 0.1) is 5.92 Å². The summed E-state index contributed by atoms with van der Waals surface area (Å²) in [5, 5.41) is 7.81. The molecule has 3 nitrogen and oxygen atoms in total. The lowest BCUT2D eigenvalue weighted by molar-refractivity contribution is 0.256. The fourth-order valence-electron chi connectivity index (χ4n) is 2.11. The number of hydrogen-bond acceptors (Lipinski definition) is 4. The second-order valence-electron chi connectivity index (χ2n) is 5.85. The largest absolute Gasteiger partial charge is 0.493 e. The predicted octanol–water partition coefficient (Wildman–Crippen LogP) is 4.64. The van der Waals surface area contributed by atoms with Crippen LogP contribution in [0.2, 0.25) is 0 Å². The Morgan fingerprint density at radius 1 is 1.14 bits per heavy atom. The molecule has 0 fully saturated rings. The summed E-state index contributed by atoms with van der Waals surface area (Å²) in [6, 6.07) is 8.56. The molecule has 22 heavy (non-hydrogen) atoms. The third-order valence-corrected chi connectivity index (χ3v) is 4.18. The molecule has 0 aliphatic heterocycles. The molecule has 1 heterocycles. The van der Waals surface area contributed by atoms with E-state index in [0.29, 0.717) is 12.5 Å². The minimum atomic E-state index is 0.257. The Bertz CT molecular complexity index is 566. The molecule has 1 atom stereocenters. The maximum absolute atomic E-state index is 5.80. The fraction of sp³-hybridized carbons (Fsp3) is 0.444. The van der Waals surface area contributed by atoms with Crippen LogP contribution in [0.15, 0.2) is 35.0 Å². The Morgan fingerprint density at radius 2 is 1.95 bits per heavy atom. The van der Waals surface area contributed by atoms with Gasteiger partial charge in [0.15, 0.2) is 11.5 Å². The molecule has 4 heteroatoms. The second kappa shape index (κ2) is 8.20. The van der Waals surface area contributed by atoms with E-state index in [1.165, 1.54) is 11.1 Å². The highest BCUT2D eigenvalue weighted by molar-refractivity contribution is 7.07. The number of thiophene rings is 1. The first-order chi connectivity index (χ1) is 10.6. The van der Waals surface area contributed by atoms with Gasteiger partial charge in [-0.25, -0.2) is 0 Å². The molecule has 1 aromatic heterocycles. The summed E-state index contributed by atoms with van der Waals surface area (Å²) in [6.45, 7) is 8.00. The highest BCUT2D eigenvalue weighted by Gasteiger charge is 2.11. The zero-order chi connectivity index (χ0) is 15.9. The zero-order valence-corrected chi connectivity index (χ0v) is 14.6. The van der Waals surface area contributed by atoms with Crippen LogP contribution >= 0.6 is 11.3 Å². The van der Waals surface area contributed by atoms with Gasteiger partial charge in [-0.2, -0.15) is 11.3 Å². The van der Waals surface area contributed by atoms with E-state index in [2.05, 4.69) is 55.0 Å². The molecule has 1 N–H and O–H groups in total. The van der Waals surface area contributed by atoms with Gasteiger partial charge in [0.2, 0.25) is 0 Å². The maximum Gasteiger partial charge on any atom is 0.161 e. The Morgan fingerprint density at radius 3 is 2.59 bits per heavy atom. The zero-order valence-electron chi connectivity index (χ0n) is 13.8. The maximum atomic E-state index is 5.80. The monoisotopic (exact) mass is 319 g/mol. The SMILES string of the molecule is COc1cc(C(C)NCc2ccsc2)ccc1OCC(C)C. The number of nitrogens with one attached hydrogen (secondary N) is 1. The molecule has 0 aliphatic carbocycles. The van der Waals surface area contributed by atoms with Gasteiger partial charge in [-0.1, -0.05) is 19.9 Å². The van der Waals surface area contributed by atoms with Crippen molar-refractivity contribution in [1.82, 2.24) is 5.32 Å². The lowest BCUT2D eigenvalue weighted by atomic mass is 10.1. The standard InChI is InChI=1S/C18H25NO2S/c1-13(2)11-21-17-6-5-16(9-18(17)20-4)14(3)19-10-15-7-8-22-12-15/h5-9,12-14,19H,10-11H2,1-4H3. The number of benzene rings is 1. The molecule has 0 radical (unpaired) electrons. The van der Waals surface area contributed by atoms with Crippen LogP contribution in [0.1, 0.15) is 37.9 Å². The molecule has 0 saturated carbocycles. The summed E-state index contributed by atoms with van der Waals surface area (Å²) in [4.78, 5) is 0. The third-order valence-electron chi connectivity index (χ3n) is 3.45. The van der Waals surface area contributed by atoms with E-state index in [1.807, 2.05) is 6.07 Å². The number of ether oxygens (including phenoxy) is 2. The minimum absolute atomic E-state index is 0.257. The van der Waals surface area contributed by atoms with Crippen LogP contribution in [-0.2, 0) is 6.54 Å². The Kier molecular flexibility index (Phi) is 6.28. The Hall–Kier alpha value is -1.52. The minimum Gasteiger partial charge on any atom is -0.493 e. The number of hydrogen-bond donors (Lipinski definition) is 1. The molecule has 2 aromatic rings. The average molecular weight is 319 g/mol. The predicted molar refractivity (Wildman–Crippen MR) is 92.9 cm³/mol. The second-order valence-corrected chi connectivity index (χ2v) is 6.63. The summed E-state index contributed by atoms with van der Waals surface area (Å²) in [5.41, 5.74) is 2.52. The van der Waals surface area contributed by atoms with Crippen LogP contribution in [0.4, 0.5) is 0 Å². The fourth-order valence-corrected chi connectivity index (χ4v) is 2.78. The Labute approximate surface area is 137 Å². The normalized spacial score (nSPS) is 12.4. The van der Waals surface area contributed by atoms with Crippen molar-refractivity contribution in [3.8, 4) is 11.5 Å². The van der Waals surface area contributed by atoms with E-state index in [-0.39, 0.29) is 6.04 Å². The van der Waals surface area contributed by atoms with E-state index < -0.39 is 0 Å². The van der Waals surface area contributed by atoms with Crippen LogP contribution in [-0.4, -0.2) is 13.7 Å². The first-order valence-corrected chi connectivity index (χ1v) is 8.59. The lowest BCUT2D eigenvalue weighted by Crippen LogP contribution is -2.17. The van der Waals surface area contributed by atoms with Gasteiger partial charge in [-0.05, 0) is 52.9 Å². The molecule has 0 bridgehead atoms. The molecule has 0 spiro atoms. The van der Waals surface area contributed by atoms with E-state index in [9.17, 15) is 0 Å². The summed E-state index contributed by atoms with van der Waals surface area (Å²) >= 11 is 1.73. The van der Waals surface area contributed by atoms with Crippen molar-refractivity contribution < 1.29 is 9.47 Å². The molecule has 0 aliphatic rings. The van der Waals surface area contributed by atoms with Gasteiger partial charge in [0.25, 0.3) is 0 Å². The van der Waals surface area contributed by atoms with Gasteiger partial charge in [0, 0.05) is 12.6 Å². The molecule has 0 saturated heterocycles. The number of methoxy groups -OCH3 is 1. The first kappa shape index (κ1) is 16.8. The van der Waals surface area contributed by atoms with Crippen molar-refractivity contribution in [3.63, 3.8) is 0 Å². The van der Waals surface area contributed by atoms with Crippen molar-refractivity contribution in [2.24, 2.45) is 5.92 Å². The van der Waals surface area contributed by atoms with Crippen molar-refractivity contribution in [1.29, 1.82) is 0 Å². The molecule has 2 rings (SSSR count). The van der Waals surface area contributed by atoms with Gasteiger partial charge in [-0.3, -0.25) is 0 Å². The highest BCUT2D eigenvalue weighted by Crippen LogP contribution is 2.30. The van der Waals surface area contributed by atoms with Gasteiger partial charge < -0.3 is 14.8 Å². The van der Waals surface area contributed by atoms with E-state index in [1.54, 1.807) is 18.4 Å². The summed E-state index contributed by atoms with van der Waals surface area (Å²) in [7, 11) is 1.69. The van der Waals surface area contributed by atoms with Crippen LogP contribution in [0.5, 0.6) is 11.5 Å². The van der Waals surface area contributed by atoms with Crippen molar-refractivity contribution in [2.75, 3.05) is 13.7 Å². The molecule has 120 valence electrons. The van der Waals surface area contributed by atoms with Crippen molar-refractivity contribution in [3.05, 3.63) is 46.2 Å². The molecule has 1 unspecified atom stereocenters. The van der Waals surface area contributed by atoms with Gasteiger partial charge in [-0.15, -0.1) is 0 Å². The molecular formula is C18H25NO2S. The average Bonchev–Trinajstić information content (AvgIpc) is 3.03. The van der Waals surface area contributed by atoms with E-state index >= 15 is 0 Å². The third kappa shape index (κ3) is 4.75. The van der Waals surface area contributed by atoms with Crippen LogP contribution in [0.3, 0.4) is 0 Å². The van der Waals surface area contributed by atoms with E-state index in [0.717, 1.165) is 18.0 Å². The summed E-state index contributed by atoms with van der Waals surface area (Å²) in [6.07, 6.45) is 0. The summed E-state index contributed by atoms with van der Waals surface area (Å²) < 4.78 is 11.3. The number of rotatable bonds is 8. The molecule has 0 amide bonds. The quantitative estimate of drug-likeness (QED) is 0.768. The van der Waals surface area contributed by atoms with Crippen molar-refractivity contribution in [2.45, 2.75) is 33.4 Å². The first-order valence-electron chi connectivity index (χ1n) is 7.65. The summed E-state index contributed by atoms with van der Waals surface area (Å²) in [5.74, 6) is 2.10. The van der Waals surface area contributed by atoms with Gasteiger partial charge >= 0.3 is 0 Å².